The third kappa shape index (κ3) is 3.41. The predicted octanol–water partition coefficient (Wildman–Crippen LogP) is 1.19. The Balaban J connectivity index is 1.86. The molecule has 4 heteroatoms. The van der Waals surface area contributed by atoms with Crippen LogP contribution in [0.25, 0.3) is 0 Å². The SMILES string of the molecule is CN(Cc1cc(N)ccn1)CC1CCCN1C. The van der Waals surface area contributed by atoms with Crippen LogP contribution in [0.2, 0.25) is 0 Å². The highest BCUT2D eigenvalue weighted by Gasteiger charge is 2.21. The second-order valence-electron chi connectivity index (χ2n) is 5.05. The molecule has 0 radical (unpaired) electrons. The number of anilines is 1. The Morgan fingerprint density at radius 3 is 3.06 bits per heavy atom. The topological polar surface area (TPSA) is 45.4 Å². The first-order valence-electron chi connectivity index (χ1n) is 6.24. The first-order valence-corrected chi connectivity index (χ1v) is 6.24. The fourth-order valence-electron chi connectivity index (χ4n) is 2.49. The van der Waals surface area contributed by atoms with Crippen molar-refractivity contribution in [2.45, 2.75) is 25.4 Å². The van der Waals surface area contributed by atoms with Crippen LogP contribution in [0.5, 0.6) is 0 Å². The van der Waals surface area contributed by atoms with E-state index in [1.807, 2.05) is 12.1 Å². The predicted molar refractivity (Wildman–Crippen MR) is 70.6 cm³/mol. The zero-order chi connectivity index (χ0) is 12.3. The van der Waals surface area contributed by atoms with E-state index in [4.69, 9.17) is 5.73 Å². The van der Waals surface area contributed by atoms with Gasteiger partial charge in [-0.05, 0) is 45.6 Å². The van der Waals surface area contributed by atoms with Gasteiger partial charge >= 0.3 is 0 Å². The zero-order valence-electron chi connectivity index (χ0n) is 10.8. The number of nitrogens with two attached hydrogens (primary N) is 1. The Kier molecular flexibility index (Phi) is 3.97. The van der Waals surface area contributed by atoms with Gasteiger partial charge in [-0.3, -0.25) is 9.88 Å². The lowest BCUT2D eigenvalue weighted by atomic mass is 10.2. The third-order valence-corrected chi connectivity index (χ3v) is 3.47. The van der Waals surface area contributed by atoms with Gasteiger partial charge in [-0.15, -0.1) is 0 Å². The van der Waals surface area contributed by atoms with E-state index in [1.165, 1.54) is 19.4 Å². The highest BCUT2D eigenvalue weighted by Crippen LogP contribution is 2.16. The number of likely N-dealkylation sites (tertiary alicyclic amines) is 1. The van der Waals surface area contributed by atoms with Crippen molar-refractivity contribution in [2.75, 3.05) is 32.9 Å². The van der Waals surface area contributed by atoms with Crippen LogP contribution in [0.15, 0.2) is 18.3 Å². The molecule has 2 N–H and O–H groups in total. The van der Waals surface area contributed by atoms with Gasteiger partial charge < -0.3 is 10.6 Å². The van der Waals surface area contributed by atoms with E-state index >= 15 is 0 Å². The van der Waals surface area contributed by atoms with E-state index in [1.54, 1.807) is 6.20 Å². The lowest BCUT2D eigenvalue weighted by molar-refractivity contribution is 0.214. The van der Waals surface area contributed by atoms with Crippen molar-refractivity contribution >= 4 is 5.69 Å². The van der Waals surface area contributed by atoms with Gasteiger partial charge in [0.1, 0.15) is 0 Å². The molecular formula is C13H22N4. The molecule has 2 heterocycles. The van der Waals surface area contributed by atoms with E-state index in [0.717, 1.165) is 24.5 Å². The summed E-state index contributed by atoms with van der Waals surface area (Å²) in [5.41, 5.74) is 7.60. The molecule has 2 rings (SSSR count). The lowest BCUT2D eigenvalue weighted by Gasteiger charge is -2.25. The highest BCUT2D eigenvalue weighted by atomic mass is 15.2. The van der Waals surface area contributed by atoms with Gasteiger partial charge in [-0.2, -0.15) is 0 Å². The average Bonchev–Trinajstić information content (AvgIpc) is 2.64. The van der Waals surface area contributed by atoms with Crippen molar-refractivity contribution in [2.24, 2.45) is 0 Å². The Hall–Kier alpha value is -1.13. The minimum absolute atomic E-state index is 0.695. The van der Waals surface area contributed by atoms with Crippen LogP contribution in [0, 0.1) is 0 Å². The fourth-order valence-corrected chi connectivity index (χ4v) is 2.49. The fraction of sp³-hybridized carbons (Fsp3) is 0.615. The average molecular weight is 234 g/mol. The van der Waals surface area contributed by atoms with Crippen molar-refractivity contribution in [1.29, 1.82) is 0 Å². The summed E-state index contributed by atoms with van der Waals surface area (Å²) < 4.78 is 0. The van der Waals surface area contributed by atoms with E-state index in [0.29, 0.717) is 6.04 Å². The van der Waals surface area contributed by atoms with Crippen molar-refractivity contribution in [1.82, 2.24) is 14.8 Å². The summed E-state index contributed by atoms with van der Waals surface area (Å²) in [5.74, 6) is 0. The maximum atomic E-state index is 5.75. The monoisotopic (exact) mass is 234 g/mol. The molecule has 1 aromatic rings. The second kappa shape index (κ2) is 5.47. The summed E-state index contributed by atoms with van der Waals surface area (Å²) in [6.07, 6.45) is 4.41. The molecule has 94 valence electrons. The molecule has 4 nitrogen and oxygen atoms in total. The van der Waals surface area contributed by atoms with E-state index in [2.05, 4.69) is 28.9 Å². The largest absolute Gasteiger partial charge is 0.399 e. The third-order valence-electron chi connectivity index (χ3n) is 3.47. The molecule has 0 amide bonds. The van der Waals surface area contributed by atoms with Crippen LogP contribution in [0.1, 0.15) is 18.5 Å². The van der Waals surface area contributed by atoms with Crippen LogP contribution in [0.3, 0.4) is 0 Å². The molecule has 1 saturated heterocycles. The maximum absolute atomic E-state index is 5.75. The molecule has 1 atom stereocenters. The number of pyridine rings is 1. The lowest BCUT2D eigenvalue weighted by Crippen LogP contribution is -2.36. The van der Waals surface area contributed by atoms with Crippen LogP contribution in [-0.4, -0.2) is 48.0 Å². The molecule has 0 aromatic carbocycles. The van der Waals surface area contributed by atoms with Gasteiger partial charge in [0.05, 0.1) is 5.69 Å². The summed E-state index contributed by atoms with van der Waals surface area (Å²) in [4.78, 5) is 9.11. The number of hydrogen-bond acceptors (Lipinski definition) is 4. The maximum Gasteiger partial charge on any atom is 0.0564 e. The molecule has 1 fully saturated rings. The molecule has 0 saturated carbocycles. The van der Waals surface area contributed by atoms with Gasteiger partial charge in [0.2, 0.25) is 0 Å². The normalized spacial score (nSPS) is 21.2. The number of likely N-dealkylation sites (N-methyl/N-ethyl adjacent to an activating group) is 2. The van der Waals surface area contributed by atoms with E-state index in [9.17, 15) is 0 Å². The minimum atomic E-state index is 0.695. The van der Waals surface area contributed by atoms with Crippen molar-refractivity contribution in [3.05, 3.63) is 24.0 Å². The van der Waals surface area contributed by atoms with Crippen LogP contribution in [0.4, 0.5) is 5.69 Å². The number of hydrogen-bond donors (Lipinski definition) is 1. The quantitative estimate of drug-likeness (QED) is 0.850. The molecule has 1 aliphatic rings. The number of rotatable bonds is 4. The zero-order valence-corrected chi connectivity index (χ0v) is 10.8. The van der Waals surface area contributed by atoms with Gasteiger partial charge in [0, 0.05) is 31.0 Å². The summed E-state index contributed by atoms with van der Waals surface area (Å²) in [5, 5.41) is 0. The van der Waals surface area contributed by atoms with Gasteiger partial charge in [-0.25, -0.2) is 0 Å². The van der Waals surface area contributed by atoms with Crippen LogP contribution >= 0.6 is 0 Å². The number of nitrogen functional groups attached to an aromatic ring is 1. The molecule has 1 unspecified atom stereocenters. The molecular weight excluding hydrogens is 212 g/mol. The van der Waals surface area contributed by atoms with Crippen LogP contribution in [-0.2, 0) is 6.54 Å². The Morgan fingerprint density at radius 2 is 2.41 bits per heavy atom. The van der Waals surface area contributed by atoms with Crippen molar-refractivity contribution in [3.8, 4) is 0 Å². The Labute approximate surface area is 103 Å². The molecule has 1 aromatic heterocycles. The number of aromatic nitrogens is 1. The number of nitrogens with zero attached hydrogens (tertiary/aromatic N) is 3. The van der Waals surface area contributed by atoms with E-state index in [-0.39, 0.29) is 0 Å². The van der Waals surface area contributed by atoms with Gasteiger partial charge in [0.15, 0.2) is 0 Å². The first-order chi connectivity index (χ1) is 8.15. The summed E-state index contributed by atoms with van der Waals surface area (Å²) >= 11 is 0. The smallest absolute Gasteiger partial charge is 0.0564 e. The summed E-state index contributed by atoms with van der Waals surface area (Å²) in [6.45, 7) is 3.21. The van der Waals surface area contributed by atoms with E-state index < -0.39 is 0 Å². The highest BCUT2D eigenvalue weighted by molar-refractivity contribution is 5.37. The molecule has 1 aliphatic heterocycles. The summed E-state index contributed by atoms with van der Waals surface area (Å²) in [7, 11) is 4.36. The Morgan fingerprint density at radius 1 is 1.59 bits per heavy atom. The molecule has 0 aliphatic carbocycles. The Bertz CT molecular complexity index is 366. The first kappa shape index (κ1) is 12.3. The van der Waals surface area contributed by atoms with Crippen molar-refractivity contribution < 1.29 is 0 Å². The van der Waals surface area contributed by atoms with Gasteiger partial charge in [-0.1, -0.05) is 0 Å². The minimum Gasteiger partial charge on any atom is -0.399 e. The van der Waals surface area contributed by atoms with Crippen LogP contribution < -0.4 is 5.73 Å². The molecule has 17 heavy (non-hydrogen) atoms. The standard InChI is InChI=1S/C13H22N4/c1-16(10-13-4-3-7-17(13)2)9-12-8-11(14)5-6-15-12/h5-6,8,13H,3-4,7,9-10H2,1-2H3,(H2,14,15). The van der Waals surface area contributed by atoms with Crippen molar-refractivity contribution in [3.63, 3.8) is 0 Å². The van der Waals surface area contributed by atoms with Gasteiger partial charge in [0.25, 0.3) is 0 Å². The molecule has 0 bridgehead atoms. The summed E-state index contributed by atoms with van der Waals surface area (Å²) in [6, 6.07) is 4.48. The molecule has 0 spiro atoms. The second-order valence-corrected chi connectivity index (χ2v) is 5.05.